The van der Waals surface area contributed by atoms with Gasteiger partial charge in [0.05, 0.1) is 0 Å². The van der Waals surface area contributed by atoms with E-state index in [9.17, 15) is 14.4 Å². The average Bonchev–Trinajstić information content (AvgIpc) is 3.09. The van der Waals surface area contributed by atoms with E-state index in [1.54, 1.807) is 17.0 Å². The number of para-hydroxylation sites is 1. The second-order valence-electron chi connectivity index (χ2n) is 6.38. The first-order valence-electron chi connectivity index (χ1n) is 8.67. The van der Waals surface area contributed by atoms with Crippen molar-refractivity contribution in [1.82, 2.24) is 15.5 Å². The summed E-state index contributed by atoms with van der Waals surface area (Å²) >= 11 is 0. The average molecular weight is 346 g/mol. The van der Waals surface area contributed by atoms with E-state index in [0.717, 1.165) is 6.42 Å². The Morgan fingerprint density at radius 3 is 2.48 bits per heavy atom. The normalized spacial score (nSPS) is 16.6. The number of likely N-dealkylation sites (tertiary alicyclic amines) is 1. The van der Waals surface area contributed by atoms with Gasteiger partial charge in [0.15, 0.2) is 0 Å². The van der Waals surface area contributed by atoms with Gasteiger partial charge in [0.25, 0.3) is 0 Å². The molecule has 136 valence electrons. The lowest BCUT2D eigenvalue weighted by atomic mass is 10.2. The van der Waals surface area contributed by atoms with Gasteiger partial charge in [-0.15, -0.1) is 0 Å². The summed E-state index contributed by atoms with van der Waals surface area (Å²) in [7, 11) is 0. The van der Waals surface area contributed by atoms with Crippen LogP contribution in [0.2, 0.25) is 0 Å². The molecule has 1 saturated heterocycles. The number of carbonyl (C=O) groups excluding carboxylic acids is 3. The monoisotopic (exact) mass is 346 g/mol. The first-order chi connectivity index (χ1) is 12.0. The summed E-state index contributed by atoms with van der Waals surface area (Å²) in [4.78, 5) is 37.8. The van der Waals surface area contributed by atoms with Crippen molar-refractivity contribution in [3.05, 3.63) is 30.3 Å². The molecule has 1 fully saturated rings. The van der Waals surface area contributed by atoms with Crippen LogP contribution in [0.25, 0.3) is 0 Å². The summed E-state index contributed by atoms with van der Waals surface area (Å²) in [6.07, 6.45) is 1.44. The van der Waals surface area contributed by atoms with Crippen LogP contribution in [-0.2, 0) is 9.59 Å². The predicted molar refractivity (Wildman–Crippen MR) is 96.0 cm³/mol. The Hall–Kier alpha value is -2.57. The quantitative estimate of drug-likeness (QED) is 0.683. The van der Waals surface area contributed by atoms with Gasteiger partial charge in [-0.3, -0.25) is 9.59 Å². The minimum absolute atomic E-state index is 0.0426. The van der Waals surface area contributed by atoms with Crippen LogP contribution >= 0.6 is 0 Å². The molecule has 1 aliphatic rings. The second kappa shape index (κ2) is 9.05. The molecule has 1 unspecified atom stereocenters. The van der Waals surface area contributed by atoms with Gasteiger partial charge in [0, 0.05) is 31.2 Å². The van der Waals surface area contributed by atoms with Gasteiger partial charge >= 0.3 is 6.03 Å². The Morgan fingerprint density at radius 1 is 1.12 bits per heavy atom. The summed E-state index contributed by atoms with van der Waals surface area (Å²) in [5.41, 5.74) is 0.704. The number of nitrogens with one attached hydrogen (secondary N) is 3. The van der Waals surface area contributed by atoms with Crippen molar-refractivity contribution in [3.63, 3.8) is 0 Å². The van der Waals surface area contributed by atoms with Crippen LogP contribution in [0.5, 0.6) is 0 Å². The van der Waals surface area contributed by atoms with Gasteiger partial charge in [-0.25, -0.2) is 4.79 Å². The zero-order valence-electron chi connectivity index (χ0n) is 14.7. The van der Waals surface area contributed by atoms with Crippen molar-refractivity contribution < 1.29 is 14.4 Å². The van der Waals surface area contributed by atoms with Gasteiger partial charge in [-0.1, -0.05) is 32.0 Å². The van der Waals surface area contributed by atoms with Crippen LogP contribution in [0, 0.1) is 5.92 Å². The number of anilines is 1. The van der Waals surface area contributed by atoms with Crippen LogP contribution in [0.4, 0.5) is 10.5 Å². The maximum absolute atomic E-state index is 12.4. The second-order valence-corrected chi connectivity index (χ2v) is 6.38. The molecule has 3 N–H and O–H groups in total. The fraction of sp³-hybridized carbons (Fsp3) is 0.500. The SMILES string of the molecule is CC(C)C(=O)NCCNC(=O)C1CCCN1C(=O)Nc1ccccc1. The van der Waals surface area contributed by atoms with E-state index in [0.29, 0.717) is 31.7 Å². The topological polar surface area (TPSA) is 90.5 Å². The molecule has 0 saturated carbocycles. The minimum Gasteiger partial charge on any atom is -0.354 e. The summed E-state index contributed by atoms with van der Waals surface area (Å²) < 4.78 is 0. The third-order valence-corrected chi connectivity index (χ3v) is 4.09. The third-order valence-electron chi connectivity index (χ3n) is 4.09. The smallest absolute Gasteiger partial charge is 0.322 e. The standard InChI is InChI=1S/C18H26N4O3/c1-13(2)16(23)19-10-11-20-17(24)15-9-6-12-22(15)18(25)21-14-7-4-3-5-8-14/h3-5,7-8,13,15H,6,9-12H2,1-2H3,(H,19,23)(H,20,24)(H,21,25). The lowest BCUT2D eigenvalue weighted by molar-refractivity contribution is -0.126. The van der Waals surface area contributed by atoms with E-state index in [4.69, 9.17) is 0 Å². The molecule has 7 heteroatoms. The number of carbonyl (C=O) groups is 3. The van der Waals surface area contributed by atoms with Crippen LogP contribution < -0.4 is 16.0 Å². The van der Waals surface area contributed by atoms with Crippen molar-refractivity contribution in [2.75, 3.05) is 25.0 Å². The number of nitrogens with zero attached hydrogens (tertiary/aromatic N) is 1. The van der Waals surface area contributed by atoms with Crippen molar-refractivity contribution >= 4 is 23.5 Å². The molecule has 1 aliphatic heterocycles. The lowest BCUT2D eigenvalue weighted by Gasteiger charge is -2.24. The summed E-state index contributed by atoms with van der Waals surface area (Å²) in [5, 5.41) is 8.35. The maximum Gasteiger partial charge on any atom is 0.322 e. The molecule has 1 heterocycles. The Balaban J connectivity index is 1.80. The highest BCUT2D eigenvalue weighted by atomic mass is 16.2. The zero-order valence-corrected chi connectivity index (χ0v) is 14.7. The fourth-order valence-corrected chi connectivity index (χ4v) is 2.69. The molecule has 1 atom stereocenters. The number of hydrogen-bond acceptors (Lipinski definition) is 3. The van der Waals surface area contributed by atoms with Gasteiger partial charge in [-0.05, 0) is 25.0 Å². The molecule has 1 aromatic rings. The zero-order chi connectivity index (χ0) is 18.2. The van der Waals surface area contributed by atoms with Gasteiger partial charge in [0.2, 0.25) is 11.8 Å². The molecule has 0 bridgehead atoms. The number of hydrogen-bond donors (Lipinski definition) is 3. The first-order valence-corrected chi connectivity index (χ1v) is 8.67. The van der Waals surface area contributed by atoms with E-state index in [1.807, 2.05) is 32.0 Å². The van der Waals surface area contributed by atoms with Crippen molar-refractivity contribution in [2.24, 2.45) is 5.92 Å². The molecule has 0 radical (unpaired) electrons. The molecule has 0 spiro atoms. The molecule has 7 nitrogen and oxygen atoms in total. The van der Waals surface area contributed by atoms with Crippen molar-refractivity contribution in [2.45, 2.75) is 32.7 Å². The molecule has 2 rings (SSSR count). The van der Waals surface area contributed by atoms with Crippen LogP contribution in [0.15, 0.2) is 30.3 Å². The van der Waals surface area contributed by atoms with E-state index in [2.05, 4.69) is 16.0 Å². The Labute approximate surface area is 148 Å². The van der Waals surface area contributed by atoms with Crippen LogP contribution in [-0.4, -0.2) is 48.4 Å². The molecule has 1 aromatic carbocycles. The Kier molecular flexibility index (Phi) is 6.80. The largest absolute Gasteiger partial charge is 0.354 e. The molecular weight excluding hydrogens is 320 g/mol. The van der Waals surface area contributed by atoms with Crippen molar-refractivity contribution in [1.29, 1.82) is 0 Å². The summed E-state index contributed by atoms with van der Waals surface area (Å²) in [6, 6.07) is 8.44. The van der Waals surface area contributed by atoms with Crippen LogP contribution in [0.1, 0.15) is 26.7 Å². The molecule has 4 amide bonds. The lowest BCUT2D eigenvalue weighted by Crippen LogP contribution is -2.48. The van der Waals surface area contributed by atoms with Gasteiger partial charge in [0.1, 0.15) is 6.04 Å². The molecule has 25 heavy (non-hydrogen) atoms. The van der Waals surface area contributed by atoms with Crippen molar-refractivity contribution in [3.8, 4) is 0 Å². The number of urea groups is 1. The predicted octanol–water partition coefficient (Wildman–Crippen LogP) is 1.57. The van der Waals surface area contributed by atoms with E-state index >= 15 is 0 Å². The molecular formula is C18H26N4O3. The highest BCUT2D eigenvalue weighted by Gasteiger charge is 2.33. The maximum atomic E-state index is 12.4. The first kappa shape index (κ1) is 18.8. The fourth-order valence-electron chi connectivity index (χ4n) is 2.69. The highest BCUT2D eigenvalue weighted by molar-refractivity contribution is 5.94. The number of benzene rings is 1. The summed E-state index contributed by atoms with van der Waals surface area (Å²) in [6.45, 7) is 4.92. The van der Waals surface area contributed by atoms with Gasteiger partial charge in [-0.2, -0.15) is 0 Å². The summed E-state index contributed by atoms with van der Waals surface area (Å²) in [5.74, 6) is -0.304. The molecule has 0 aromatic heterocycles. The Bertz CT molecular complexity index is 604. The Morgan fingerprint density at radius 2 is 1.80 bits per heavy atom. The van der Waals surface area contributed by atoms with Gasteiger partial charge < -0.3 is 20.9 Å². The minimum atomic E-state index is -0.468. The molecule has 0 aliphatic carbocycles. The van der Waals surface area contributed by atoms with Crippen LogP contribution in [0.3, 0.4) is 0 Å². The number of rotatable bonds is 6. The highest BCUT2D eigenvalue weighted by Crippen LogP contribution is 2.19. The number of amides is 4. The van der Waals surface area contributed by atoms with E-state index < -0.39 is 6.04 Å². The van der Waals surface area contributed by atoms with E-state index in [1.165, 1.54) is 0 Å². The third kappa shape index (κ3) is 5.48. The van der Waals surface area contributed by atoms with E-state index in [-0.39, 0.29) is 23.8 Å².